The number of aromatic amines is 1. The van der Waals surface area contributed by atoms with Crippen LogP contribution in [0.3, 0.4) is 0 Å². The number of hydrogen-bond donors (Lipinski definition) is 2. The fourth-order valence-electron chi connectivity index (χ4n) is 1.75. The number of esters is 1. The lowest BCUT2D eigenvalue weighted by Gasteiger charge is -2.09. The lowest BCUT2D eigenvalue weighted by molar-refractivity contribution is -0.113. The number of carbonyl (C=O) groups excluding carboxylic acids is 2. The van der Waals surface area contributed by atoms with Gasteiger partial charge in [-0.25, -0.2) is 9.78 Å². The van der Waals surface area contributed by atoms with Crippen LogP contribution in [0, 0.1) is 6.92 Å². The van der Waals surface area contributed by atoms with Crippen molar-refractivity contribution >= 4 is 29.3 Å². The second kappa shape index (κ2) is 7.59. The van der Waals surface area contributed by atoms with E-state index in [1.165, 1.54) is 19.4 Å². The van der Waals surface area contributed by atoms with Gasteiger partial charge in [0.1, 0.15) is 0 Å². The monoisotopic (exact) mass is 333 g/mol. The van der Waals surface area contributed by atoms with Crippen molar-refractivity contribution in [3.8, 4) is 0 Å². The Hall–Kier alpha value is -2.61. The lowest BCUT2D eigenvalue weighted by Crippen LogP contribution is -2.16. The van der Waals surface area contributed by atoms with E-state index in [2.05, 4.69) is 20.0 Å². The highest BCUT2D eigenvalue weighted by molar-refractivity contribution is 7.99. The van der Waals surface area contributed by atoms with Gasteiger partial charge in [-0.1, -0.05) is 17.8 Å². The van der Waals surface area contributed by atoms with E-state index in [1.54, 1.807) is 18.2 Å². The van der Waals surface area contributed by atoms with Crippen molar-refractivity contribution in [2.45, 2.75) is 12.1 Å². The van der Waals surface area contributed by atoms with E-state index in [0.29, 0.717) is 16.4 Å². The van der Waals surface area contributed by atoms with E-state index in [4.69, 9.17) is 0 Å². The molecule has 120 valence electrons. The number of hydrogen-bond acceptors (Lipinski definition) is 6. The van der Waals surface area contributed by atoms with Crippen LogP contribution >= 0.6 is 11.8 Å². The van der Waals surface area contributed by atoms with Crippen molar-refractivity contribution in [2.75, 3.05) is 18.2 Å². The first-order chi connectivity index (χ1) is 11.0. The summed E-state index contributed by atoms with van der Waals surface area (Å²) >= 11 is 1.11. The zero-order chi connectivity index (χ0) is 16.8. The lowest BCUT2D eigenvalue weighted by atomic mass is 10.1. The van der Waals surface area contributed by atoms with Gasteiger partial charge in [-0.2, -0.15) is 0 Å². The predicted octanol–water partition coefficient (Wildman–Crippen LogP) is 1.60. The minimum Gasteiger partial charge on any atom is -0.465 e. The second-order valence-electron chi connectivity index (χ2n) is 4.60. The van der Waals surface area contributed by atoms with Crippen LogP contribution in [0.4, 0.5) is 5.69 Å². The number of aryl methyl sites for hydroxylation is 1. The highest BCUT2D eigenvalue weighted by Gasteiger charge is 2.11. The van der Waals surface area contributed by atoms with E-state index in [-0.39, 0.29) is 17.2 Å². The number of ether oxygens (including phenoxy) is 1. The van der Waals surface area contributed by atoms with Gasteiger partial charge in [0.05, 0.1) is 18.4 Å². The molecule has 1 amide bonds. The Kier molecular flexibility index (Phi) is 5.53. The third-order valence-corrected chi connectivity index (χ3v) is 3.81. The summed E-state index contributed by atoms with van der Waals surface area (Å²) in [6, 6.07) is 6.22. The number of nitrogens with one attached hydrogen (secondary N) is 2. The number of rotatable bonds is 5. The Labute approximate surface area is 136 Å². The Balaban J connectivity index is 2.02. The third-order valence-electron chi connectivity index (χ3n) is 2.92. The molecule has 1 aromatic carbocycles. The number of anilines is 1. The number of thioether (sulfide) groups is 1. The van der Waals surface area contributed by atoms with Crippen molar-refractivity contribution in [1.82, 2.24) is 9.97 Å². The molecule has 0 saturated carbocycles. The highest BCUT2D eigenvalue weighted by atomic mass is 32.2. The van der Waals surface area contributed by atoms with Crippen LogP contribution in [-0.4, -0.2) is 34.7 Å². The number of aromatic nitrogens is 2. The second-order valence-corrected chi connectivity index (χ2v) is 5.56. The van der Waals surface area contributed by atoms with Crippen LogP contribution in [0.25, 0.3) is 0 Å². The van der Waals surface area contributed by atoms with Crippen LogP contribution in [-0.2, 0) is 9.53 Å². The minimum atomic E-state index is -0.471. The van der Waals surface area contributed by atoms with Gasteiger partial charge in [0.2, 0.25) is 5.91 Å². The highest BCUT2D eigenvalue weighted by Crippen LogP contribution is 2.18. The average Bonchev–Trinajstić information content (AvgIpc) is 2.54. The van der Waals surface area contributed by atoms with Crippen molar-refractivity contribution in [2.24, 2.45) is 0 Å². The van der Waals surface area contributed by atoms with E-state index in [9.17, 15) is 14.4 Å². The van der Waals surface area contributed by atoms with E-state index >= 15 is 0 Å². The molecule has 0 aliphatic carbocycles. The molecule has 0 aliphatic heterocycles. The summed E-state index contributed by atoms with van der Waals surface area (Å²) in [4.78, 5) is 41.2. The molecule has 7 nitrogen and oxygen atoms in total. The Bertz CT molecular complexity index is 788. The first-order valence-electron chi connectivity index (χ1n) is 6.66. The molecule has 23 heavy (non-hydrogen) atoms. The molecular formula is C15H15N3O4S. The summed E-state index contributed by atoms with van der Waals surface area (Å²) in [7, 11) is 1.30. The number of carbonyl (C=O) groups is 2. The van der Waals surface area contributed by atoms with Gasteiger partial charge in [0, 0.05) is 18.0 Å². The molecule has 0 saturated heterocycles. The van der Waals surface area contributed by atoms with Crippen LogP contribution in [0.5, 0.6) is 0 Å². The summed E-state index contributed by atoms with van der Waals surface area (Å²) in [5.41, 5.74) is 1.44. The minimum absolute atomic E-state index is 0.0782. The average molecular weight is 333 g/mol. The zero-order valence-corrected chi connectivity index (χ0v) is 13.4. The molecule has 2 N–H and O–H groups in total. The quantitative estimate of drug-likeness (QED) is 0.489. The first kappa shape index (κ1) is 16.8. The summed E-state index contributed by atoms with van der Waals surface area (Å²) in [5.74, 6) is -0.665. The van der Waals surface area contributed by atoms with Crippen LogP contribution in [0.15, 0.2) is 40.4 Å². The molecule has 1 heterocycles. The normalized spacial score (nSPS) is 10.2. The molecule has 0 bridgehead atoms. The molecule has 2 aromatic rings. The molecule has 8 heteroatoms. The number of amides is 1. The van der Waals surface area contributed by atoms with Gasteiger partial charge in [-0.3, -0.25) is 9.59 Å². The van der Waals surface area contributed by atoms with Crippen LogP contribution in [0.1, 0.15) is 15.9 Å². The van der Waals surface area contributed by atoms with E-state index in [0.717, 1.165) is 17.3 Å². The van der Waals surface area contributed by atoms with Gasteiger partial charge >= 0.3 is 5.97 Å². The summed E-state index contributed by atoms with van der Waals surface area (Å²) < 4.78 is 4.65. The fraction of sp³-hybridized carbons (Fsp3) is 0.200. The van der Waals surface area contributed by atoms with Gasteiger partial charge in [0.25, 0.3) is 5.56 Å². The van der Waals surface area contributed by atoms with Crippen molar-refractivity contribution < 1.29 is 14.3 Å². The van der Waals surface area contributed by atoms with E-state index < -0.39 is 5.97 Å². The smallest absolute Gasteiger partial charge is 0.337 e. The molecule has 0 aliphatic rings. The Morgan fingerprint density at radius 3 is 2.83 bits per heavy atom. The first-order valence-corrected chi connectivity index (χ1v) is 7.65. The van der Waals surface area contributed by atoms with Gasteiger partial charge < -0.3 is 15.0 Å². The zero-order valence-electron chi connectivity index (χ0n) is 12.6. The van der Waals surface area contributed by atoms with Crippen molar-refractivity contribution in [1.29, 1.82) is 0 Å². The van der Waals surface area contributed by atoms with E-state index in [1.807, 2.05) is 6.92 Å². The number of methoxy groups -OCH3 is 1. The molecule has 0 spiro atoms. The molecule has 1 aromatic heterocycles. The van der Waals surface area contributed by atoms with Crippen molar-refractivity contribution in [3.63, 3.8) is 0 Å². The summed E-state index contributed by atoms with van der Waals surface area (Å²) in [6.07, 6.45) is 1.38. The molecule has 0 atom stereocenters. The summed E-state index contributed by atoms with van der Waals surface area (Å²) in [5, 5.41) is 3.10. The molecular weight excluding hydrogens is 318 g/mol. The number of H-pyrrole nitrogens is 1. The third kappa shape index (κ3) is 4.68. The van der Waals surface area contributed by atoms with Crippen LogP contribution in [0.2, 0.25) is 0 Å². The molecule has 0 radical (unpaired) electrons. The SMILES string of the molecule is COC(=O)c1ccc(C)c(NC(=O)CSc2nccc(=O)[nH]2)c1. The predicted molar refractivity (Wildman–Crippen MR) is 86.7 cm³/mol. The van der Waals surface area contributed by atoms with Crippen molar-refractivity contribution in [3.05, 3.63) is 51.9 Å². The number of nitrogens with zero attached hydrogens (tertiary/aromatic N) is 1. The maximum atomic E-state index is 12.0. The Morgan fingerprint density at radius 2 is 2.13 bits per heavy atom. The van der Waals surface area contributed by atoms with Gasteiger partial charge in [-0.05, 0) is 24.6 Å². The van der Waals surface area contributed by atoms with Crippen LogP contribution < -0.4 is 10.9 Å². The maximum absolute atomic E-state index is 12.0. The van der Waals surface area contributed by atoms with Gasteiger partial charge in [0.15, 0.2) is 5.16 Å². The molecule has 0 unspecified atom stereocenters. The largest absolute Gasteiger partial charge is 0.465 e. The standard InChI is InChI=1S/C15H15N3O4S/c1-9-3-4-10(14(21)22-2)7-11(9)17-13(20)8-23-15-16-6-5-12(19)18-15/h3-7H,8H2,1-2H3,(H,17,20)(H,16,18,19). The fourth-order valence-corrected chi connectivity index (χ4v) is 2.40. The summed E-state index contributed by atoms with van der Waals surface area (Å²) in [6.45, 7) is 1.82. The van der Waals surface area contributed by atoms with Gasteiger partial charge in [-0.15, -0.1) is 0 Å². The Morgan fingerprint density at radius 1 is 1.35 bits per heavy atom. The maximum Gasteiger partial charge on any atom is 0.337 e. The number of benzene rings is 1. The molecule has 0 fully saturated rings. The molecule has 2 rings (SSSR count). The topological polar surface area (TPSA) is 101 Å².